The Kier molecular flexibility index (Phi) is 4.51. The molecule has 9 nitrogen and oxygen atoms in total. The average Bonchev–Trinajstić information content (AvgIpc) is 2.85. The number of amides is 5. The van der Waals surface area contributed by atoms with Crippen LogP contribution in [0.2, 0.25) is 0 Å². The van der Waals surface area contributed by atoms with Crippen molar-refractivity contribution in [2.75, 3.05) is 26.2 Å². The summed E-state index contributed by atoms with van der Waals surface area (Å²) in [5, 5.41) is 2.41. The van der Waals surface area contributed by atoms with Crippen molar-refractivity contribution >= 4 is 23.8 Å². The highest BCUT2D eigenvalue weighted by Gasteiger charge is 2.42. The van der Waals surface area contributed by atoms with Gasteiger partial charge < -0.3 is 15.1 Å². The first kappa shape index (κ1) is 17.4. The predicted octanol–water partition coefficient (Wildman–Crippen LogP) is -0.417. The summed E-state index contributed by atoms with van der Waals surface area (Å²) in [6.45, 7) is 0.816. The molecule has 9 heteroatoms. The van der Waals surface area contributed by atoms with Crippen LogP contribution in [0.15, 0.2) is 24.4 Å². The minimum Gasteiger partial charge on any atom is -0.338 e. The van der Waals surface area contributed by atoms with E-state index in [2.05, 4.69) is 10.3 Å². The first-order valence-electron chi connectivity index (χ1n) is 9.09. The highest BCUT2D eigenvalue weighted by molar-refractivity contribution is 6.04. The van der Waals surface area contributed by atoms with Gasteiger partial charge in [0.05, 0.1) is 24.7 Å². The van der Waals surface area contributed by atoms with Crippen LogP contribution in [0.4, 0.5) is 4.79 Å². The van der Waals surface area contributed by atoms with Gasteiger partial charge in [-0.25, -0.2) is 4.79 Å². The molecule has 4 aliphatic rings. The number of fused-ring (bicyclic) bond motifs is 4. The number of urea groups is 1. The molecule has 5 rings (SSSR count). The Balaban J connectivity index is 1.47. The van der Waals surface area contributed by atoms with Crippen LogP contribution < -0.4 is 5.32 Å². The van der Waals surface area contributed by atoms with E-state index in [1.165, 1.54) is 0 Å². The van der Waals surface area contributed by atoms with E-state index in [-0.39, 0.29) is 36.9 Å². The Hall–Kier alpha value is -2.97. The van der Waals surface area contributed by atoms with Gasteiger partial charge in [-0.1, -0.05) is 6.07 Å². The molecule has 0 aliphatic carbocycles. The molecule has 1 aromatic heterocycles. The van der Waals surface area contributed by atoms with E-state index in [0.717, 1.165) is 23.4 Å². The van der Waals surface area contributed by atoms with Gasteiger partial charge >= 0.3 is 6.03 Å². The van der Waals surface area contributed by atoms with Crippen LogP contribution >= 0.6 is 0 Å². The summed E-state index contributed by atoms with van der Waals surface area (Å²) >= 11 is 0. The predicted molar refractivity (Wildman–Crippen MR) is 93.0 cm³/mol. The quantitative estimate of drug-likeness (QED) is 0.725. The maximum absolute atomic E-state index is 12.9. The van der Waals surface area contributed by atoms with Crippen LogP contribution in [0, 0.1) is 5.92 Å². The van der Waals surface area contributed by atoms with E-state index in [9.17, 15) is 19.2 Å². The van der Waals surface area contributed by atoms with Crippen LogP contribution in [0.1, 0.15) is 18.5 Å². The van der Waals surface area contributed by atoms with Gasteiger partial charge in [-0.05, 0) is 25.0 Å². The Labute approximate surface area is 156 Å². The maximum Gasteiger partial charge on any atom is 0.325 e. The number of nitrogens with one attached hydrogen (secondary N) is 1. The molecule has 2 atom stereocenters. The van der Waals surface area contributed by atoms with Gasteiger partial charge in [0.2, 0.25) is 11.8 Å². The average molecular weight is 371 g/mol. The number of aromatic nitrogens is 1. The lowest BCUT2D eigenvalue weighted by molar-refractivity contribution is -0.140. The Morgan fingerprint density at radius 2 is 2.04 bits per heavy atom. The van der Waals surface area contributed by atoms with Crippen molar-refractivity contribution in [1.82, 2.24) is 25.0 Å². The molecule has 2 bridgehead atoms. The number of hydrogen-bond donors (Lipinski definition) is 1. The molecule has 5 heterocycles. The zero-order valence-electron chi connectivity index (χ0n) is 14.8. The zero-order valence-corrected chi connectivity index (χ0v) is 14.8. The first-order valence-corrected chi connectivity index (χ1v) is 9.09. The number of pyridine rings is 1. The summed E-state index contributed by atoms with van der Waals surface area (Å²) < 4.78 is 0. The van der Waals surface area contributed by atoms with Crippen LogP contribution in [0.25, 0.3) is 0 Å². The van der Waals surface area contributed by atoms with Gasteiger partial charge in [-0.15, -0.1) is 0 Å². The van der Waals surface area contributed by atoms with E-state index in [1.54, 1.807) is 11.1 Å². The summed E-state index contributed by atoms with van der Waals surface area (Å²) in [6.07, 6.45) is 3.27. The van der Waals surface area contributed by atoms with Crippen molar-refractivity contribution in [2.45, 2.75) is 25.4 Å². The summed E-state index contributed by atoms with van der Waals surface area (Å²) in [5.41, 5.74) is 0.815. The van der Waals surface area contributed by atoms with Gasteiger partial charge in [0.25, 0.3) is 5.91 Å². The molecule has 0 unspecified atom stereocenters. The molecule has 0 radical (unpaired) electrons. The smallest absolute Gasteiger partial charge is 0.325 e. The molecule has 142 valence electrons. The highest BCUT2D eigenvalue weighted by Crippen LogP contribution is 2.30. The fraction of sp³-hybridized carbons (Fsp3) is 0.500. The van der Waals surface area contributed by atoms with Gasteiger partial charge in [-0.3, -0.25) is 24.3 Å². The molecule has 4 fully saturated rings. The van der Waals surface area contributed by atoms with E-state index >= 15 is 0 Å². The largest absolute Gasteiger partial charge is 0.338 e. The number of piperidine rings is 1. The SMILES string of the molecule is O=C(CN1C(=O)CNC1=O)N1C[C@@H]2CC[C@H](C1)N(Cc1ccccn1)C2=O. The second kappa shape index (κ2) is 6.98. The van der Waals surface area contributed by atoms with Gasteiger partial charge in [-0.2, -0.15) is 0 Å². The molecule has 5 amide bonds. The molecule has 0 spiro atoms. The number of carbonyl (C=O) groups excluding carboxylic acids is 4. The van der Waals surface area contributed by atoms with Gasteiger partial charge in [0.15, 0.2) is 0 Å². The van der Waals surface area contributed by atoms with Crippen LogP contribution in [-0.4, -0.2) is 75.7 Å². The zero-order chi connectivity index (χ0) is 19.0. The lowest BCUT2D eigenvalue weighted by Crippen LogP contribution is -2.48. The number of carbonyl (C=O) groups is 4. The molecule has 0 aromatic carbocycles. The molecule has 4 saturated heterocycles. The van der Waals surface area contributed by atoms with Crippen LogP contribution in [0.5, 0.6) is 0 Å². The number of hydrogen-bond acceptors (Lipinski definition) is 5. The molecule has 1 aromatic rings. The number of rotatable bonds is 4. The van der Waals surface area contributed by atoms with Crippen molar-refractivity contribution in [3.05, 3.63) is 30.1 Å². The normalized spacial score (nSPS) is 25.0. The second-order valence-electron chi connectivity index (χ2n) is 7.15. The fourth-order valence-electron chi connectivity index (χ4n) is 3.97. The number of imide groups is 1. The summed E-state index contributed by atoms with van der Waals surface area (Å²) in [4.78, 5) is 57.6. The Morgan fingerprint density at radius 3 is 2.74 bits per heavy atom. The standard InChI is InChI=1S/C18H21N5O4/c24-15-7-20-18(27)23(15)11-16(25)21-8-12-4-5-14(10-21)22(17(12)26)9-13-3-1-2-6-19-13/h1-3,6,12,14H,4-5,7-11H2,(H,20,27)/t12-,14+/m0/s1. The minimum atomic E-state index is -0.543. The van der Waals surface area contributed by atoms with Crippen molar-refractivity contribution in [2.24, 2.45) is 5.92 Å². The lowest BCUT2D eigenvalue weighted by atomic mass is 9.94. The van der Waals surface area contributed by atoms with Gasteiger partial charge in [0.1, 0.15) is 6.54 Å². The topological polar surface area (TPSA) is 103 Å². The van der Waals surface area contributed by atoms with E-state index in [0.29, 0.717) is 19.6 Å². The molecule has 1 N–H and O–H groups in total. The van der Waals surface area contributed by atoms with Crippen molar-refractivity contribution in [3.63, 3.8) is 0 Å². The number of nitrogens with zero attached hydrogens (tertiary/aromatic N) is 4. The summed E-state index contributed by atoms with van der Waals surface area (Å²) in [6, 6.07) is 4.98. The third-order valence-electron chi connectivity index (χ3n) is 5.43. The highest BCUT2D eigenvalue weighted by atomic mass is 16.2. The van der Waals surface area contributed by atoms with Crippen LogP contribution in [-0.2, 0) is 20.9 Å². The third kappa shape index (κ3) is 3.36. The Morgan fingerprint density at radius 1 is 1.19 bits per heavy atom. The van der Waals surface area contributed by atoms with Crippen molar-refractivity contribution in [3.8, 4) is 0 Å². The van der Waals surface area contributed by atoms with E-state index in [4.69, 9.17) is 0 Å². The van der Waals surface area contributed by atoms with E-state index < -0.39 is 11.9 Å². The summed E-state index contributed by atoms with van der Waals surface area (Å²) in [5.74, 6) is -0.912. The fourth-order valence-corrected chi connectivity index (χ4v) is 3.97. The minimum absolute atomic E-state index is 0.0437. The van der Waals surface area contributed by atoms with E-state index in [1.807, 2.05) is 23.1 Å². The molecule has 4 aliphatic heterocycles. The van der Waals surface area contributed by atoms with Crippen LogP contribution in [0.3, 0.4) is 0 Å². The maximum atomic E-state index is 12.9. The third-order valence-corrected chi connectivity index (χ3v) is 5.43. The molecule has 27 heavy (non-hydrogen) atoms. The van der Waals surface area contributed by atoms with Crippen molar-refractivity contribution in [1.29, 1.82) is 0 Å². The molecular formula is C18H21N5O4. The molecule has 0 saturated carbocycles. The summed E-state index contributed by atoms with van der Waals surface area (Å²) in [7, 11) is 0. The lowest BCUT2D eigenvalue weighted by Gasteiger charge is -2.35. The molecular weight excluding hydrogens is 350 g/mol. The van der Waals surface area contributed by atoms with Gasteiger partial charge in [0, 0.05) is 25.3 Å². The first-order chi connectivity index (χ1) is 13.0. The second-order valence-corrected chi connectivity index (χ2v) is 7.15. The van der Waals surface area contributed by atoms with Crippen molar-refractivity contribution < 1.29 is 19.2 Å². The monoisotopic (exact) mass is 371 g/mol. The Bertz CT molecular complexity index is 767.